The van der Waals surface area contributed by atoms with Gasteiger partial charge in [-0.05, 0) is 50.7 Å². The number of rotatable bonds is 5. The molecule has 0 amide bonds. The molecule has 0 radical (unpaired) electrons. The number of carbonyl (C=O) groups excluding carboxylic acids is 1. The second-order valence-electron chi connectivity index (χ2n) is 5.55. The molecule has 5 heteroatoms. The van der Waals surface area contributed by atoms with Gasteiger partial charge in [-0.15, -0.1) is 6.58 Å². The first-order valence-corrected chi connectivity index (χ1v) is 7.66. The maximum absolute atomic E-state index is 14.0. The van der Waals surface area contributed by atoms with Gasteiger partial charge in [0.25, 0.3) is 0 Å². The molecule has 0 heterocycles. The van der Waals surface area contributed by atoms with Crippen molar-refractivity contribution in [2.75, 3.05) is 0 Å². The maximum Gasteiger partial charge on any atom is 0.314 e. The predicted molar refractivity (Wildman–Crippen MR) is 83.1 cm³/mol. The predicted octanol–water partition coefficient (Wildman–Crippen LogP) is 4.78. The minimum atomic E-state index is -1.22. The Morgan fingerprint density at radius 3 is 2.39 bits per heavy atom. The zero-order valence-corrected chi connectivity index (χ0v) is 13.1. The molecular weight excluding hydrogens is 302 g/mol. The van der Waals surface area contributed by atoms with E-state index in [-0.39, 0.29) is 11.7 Å². The Balaban J connectivity index is 2.04. The number of allylic oxidation sites excluding steroid dienone is 2. The highest BCUT2D eigenvalue weighted by Crippen LogP contribution is 2.32. The van der Waals surface area contributed by atoms with Crippen LogP contribution in [0, 0.1) is 23.5 Å². The molecule has 0 aromatic heterocycles. The van der Waals surface area contributed by atoms with Crippen molar-refractivity contribution in [2.24, 2.45) is 11.8 Å². The molecule has 1 fully saturated rings. The summed E-state index contributed by atoms with van der Waals surface area (Å²) in [4.78, 5) is 12.1. The number of esters is 1. The average Bonchev–Trinajstić information content (AvgIpc) is 2.58. The number of hydrogen-bond donors (Lipinski definition) is 0. The van der Waals surface area contributed by atoms with Gasteiger partial charge in [-0.2, -0.15) is 8.78 Å². The first kappa shape index (κ1) is 17.2. The van der Waals surface area contributed by atoms with Gasteiger partial charge in [-0.3, -0.25) is 4.79 Å². The number of hydrogen-bond acceptors (Lipinski definition) is 3. The Morgan fingerprint density at radius 2 is 1.78 bits per heavy atom. The highest BCUT2D eigenvalue weighted by Gasteiger charge is 2.28. The molecule has 0 atom stereocenters. The summed E-state index contributed by atoms with van der Waals surface area (Å²) in [7, 11) is 0. The van der Waals surface area contributed by atoms with Crippen LogP contribution >= 0.6 is 0 Å². The first-order chi connectivity index (χ1) is 11.1. The molecule has 3 nitrogen and oxygen atoms in total. The molecule has 0 saturated heterocycles. The van der Waals surface area contributed by atoms with Crippen LogP contribution in [0.1, 0.15) is 32.6 Å². The van der Waals surface area contributed by atoms with Gasteiger partial charge in [0.15, 0.2) is 11.5 Å². The number of carbonyl (C=O) groups is 1. The van der Waals surface area contributed by atoms with Crippen molar-refractivity contribution in [3.8, 4) is 11.5 Å². The van der Waals surface area contributed by atoms with E-state index in [0.29, 0.717) is 18.8 Å². The number of ether oxygens (including phenoxy) is 2. The van der Waals surface area contributed by atoms with Crippen molar-refractivity contribution in [2.45, 2.75) is 32.6 Å². The summed E-state index contributed by atoms with van der Waals surface area (Å²) in [6.45, 7) is 5.43. The molecule has 1 saturated carbocycles. The van der Waals surface area contributed by atoms with Crippen molar-refractivity contribution in [1.82, 2.24) is 0 Å². The molecule has 1 aromatic carbocycles. The van der Waals surface area contributed by atoms with E-state index in [1.807, 2.05) is 6.08 Å². The average molecular weight is 322 g/mol. The molecule has 0 spiro atoms. The summed E-state index contributed by atoms with van der Waals surface area (Å²) in [5, 5.41) is 0. The minimum absolute atomic E-state index is 0.258. The lowest BCUT2D eigenvalue weighted by Gasteiger charge is -2.25. The van der Waals surface area contributed by atoms with Crippen LogP contribution in [0.3, 0.4) is 0 Å². The zero-order chi connectivity index (χ0) is 16.8. The Morgan fingerprint density at radius 1 is 1.17 bits per heavy atom. The topological polar surface area (TPSA) is 35.5 Å². The van der Waals surface area contributed by atoms with Gasteiger partial charge in [0.05, 0.1) is 12.2 Å². The summed E-state index contributed by atoms with van der Waals surface area (Å²) >= 11 is 0. The fourth-order valence-electron chi connectivity index (χ4n) is 2.61. The van der Waals surface area contributed by atoms with Crippen LogP contribution in [0.15, 0.2) is 37.1 Å². The zero-order valence-electron chi connectivity index (χ0n) is 13.1. The van der Waals surface area contributed by atoms with E-state index in [4.69, 9.17) is 9.47 Å². The third-order valence-electron chi connectivity index (χ3n) is 3.99. The summed E-state index contributed by atoms with van der Waals surface area (Å²) in [6.07, 6.45) is 7.73. The lowest BCUT2D eigenvalue weighted by Crippen LogP contribution is -2.25. The summed E-state index contributed by atoms with van der Waals surface area (Å²) in [5.74, 6) is -3.46. The number of halogens is 2. The Labute approximate surface area is 134 Å². The molecule has 0 N–H and O–H groups in total. The molecule has 1 aliphatic rings. The monoisotopic (exact) mass is 322 g/mol. The van der Waals surface area contributed by atoms with Crippen molar-refractivity contribution in [1.29, 1.82) is 0 Å². The molecule has 2 rings (SSSR count). The van der Waals surface area contributed by atoms with Crippen LogP contribution in [0.5, 0.6) is 11.5 Å². The lowest BCUT2D eigenvalue weighted by molar-refractivity contribution is -0.140. The fourth-order valence-corrected chi connectivity index (χ4v) is 2.61. The quantitative estimate of drug-likeness (QED) is 0.339. The van der Waals surface area contributed by atoms with E-state index < -0.39 is 23.4 Å². The standard InChI is InChI=1S/C18H20F2O3/c1-3-11-22-14-9-10-15(17(20)16(14)19)23-18(21)13-7-5-12(4-2)6-8-13/h3-4,9-13H,2,5-8H2,1H3. The highest BCUT2D eigenvalue weighted by molar-refractivity contribution is 5.75. The smallest absolute Gasteiger partial charge is 0.314 e. The maximum atomic E-state index is 14.0. The van der Waals surface area contributed by atoms with E-state index in [1.165, 1.54) is 18.4 Å². The molecular formula is C18H20F2O3. The van der Waals surface area contributed by atoms with Crippen LogP contribution in [0.2, 0.25) is 0 Å². The summed E-state index contributed by atoms with van der Waals surface area (Å²) < 4.78 is 37.8. The van der Waals surface area contributed by atoms with Gasteiger partial charge in [0.2, 0.25) is 11.6 Å². The van der Waals surface area contributed by atoms with E-state index in [2.05, 4.69) is 6.58 Å². The second-order valence-corrected chi connectivity index (χ2v) is 5.55. The van der Waals surface area contributed by atoms with Gasteiger partial charge in [0, 0.05) is 0 Å². The Hall–Kier alpha value is -2.17. The molecule has 0 unspecified atom stereocenters. The number of benzene rings is 1. The third kappa shape index (κ3) is 4.18. The molecule has 124 valence electrons. The SMILES string of the molecule is C=CC1CCC(C(=O)Oc2ccc(OC=CC)c(F)c2F)CC1. The van der Waals surface area contributed by atoms with E-state index >= 15 is 0 Å². The largest absolute Gasteiger partial charge is 0.462 e. The van der Waals surface area contributed by atoms with Crippen LogP contribution in [-0.2, 0) is 4.79 Å². The molecule has 0 bridgehead atoms. The molecule has 23 heavy (non-hydrogen) atoms. The lowest BCUT2D eigenvalue weighted by atomic mass is 9.82. The van der Waals surface area contributed by atoms with E-state index in [0.717, 1.165) is 12.8 Å². The van der Waals surface area contributed by atoms with Gasteiger partial charge >= 0.3 is 5.97 Å². The van der Waals surface area contributed by atoms with Gasteiger partial charge < -0.3 is 9.47 Å². The van der Waals surface area contributed by atoms with Crippen molar-refractivity contribution < 1.29 is 23.0 Å². The fraction of sp³-hybridized carbons (Fsp3) is 0.389. The van der Waals surface area contributed by atoms with Crippen molar-refractivity contribution in [3.63, 3.8) is 0 Å². The molecule has 0 aliphatic heterocycles. The van der Waals surface area contributed by atoms with E-state index in [9.17, 15) is 13.6 Å². The van der Waals surface area contributed by atoms with Crippen molar-refractivity contribution in [3.05, 3.63) is 48.8 Å². The normalized spacial score (nSPS) is 21.2. The first-order valence-electron chi connectivity index (χ1n) is 7.66. The Bertz CT molecular complexity index is 603. The third-order valence-corrected chi connectivity index (χ3v) is 3.99. The van der Waals surface area contributed by atoms with Crippen LogP contribution in [0.4, 0.5) is 8.78 Å². The van der Waals surface area contributed by atoms with Gasteiger partial charge in [0.1, 0.15) is 0 Å². The summed E-state index contributed by atoms with van der Waals surface area (Å²) in [5.41, 5.74) is 0. The summed E-state index contributed by atoms with van der Waals surface area (Å²) in [6, 6.07) is 2.43. The van der Waals surface area contributed by atoms with Gasteiger partial charge in [-0.25, -0.2) is 0 Å². The highest BCUT2D eigenvalue weighted by atomic mass is 19.2. The molecule has 1 aliphatic carbocycles. The van der Waals surface area contributed by atoms with E-state index in [1.54, 1.807) is 13.0 Å². The second kappa shape index (κ2) is 7.90. The minimum Gasteiger partial charge on any atom is -0.462 e. The Kier molecular flexibility index (Phi) is 5.90. The van der Waals surface area contributed by atoms with Crippen LogP contribution in [-0.4, -0.2) is 5.97 Å². The van der Waals surface area contributed by atoms with Crippen LogP contribution in [0.25, 0.3) is 0 Å². The van der Waals surface area contributed by atoms with Crippen molar-refractivity contribution >= 4 is 5.97 Å². The molecule has 1 aromatic rings. The van der Waals surface area contributed by atoms with Crippen LogP contribution < -0.4 is 9.47 Å². The van der Waals surface area contributed by atoms with Gasteiger partial charge in [-0.1, -0.05) is 12.2 Å².